The number of fused-ring (bicyclic) bond motifs is 1. The molecule has 1 aliphatic heterocycles. The second-order valence-electron chi connectivity index (χ2n) is 10.6. The van der Waals surface area contributed by atoms with E-state index in [0.29, 0.717) is 18.2 Å². The van der Waals surface area contributed by atoms with E-state index in [1.165, 1.54) is 68.2 Å². The Morgan fingerprint density at radius 1 is 1.00 bits per heavy atom. The molecule has 1 saturated carbocycles. The molecule has 3 aromatic rings. The van der Waals surface area contributed by atoms with Crippen molar-refractivity contribution in [2.45, 2.75) is 71.0 Å². The largest absolute Gasteiger partial charge is 0.346 e. The first-order valence-electron chi connectivity index (χ1n) is 13.1. The lowest BCUT2D eigenvalue weighted by Gasteiger charge is -2.42. The normalized spacial score (nSPS) is 22.3. The molecule has 2 fully saturated rings. The molecule has 1 amide bonds. The van der Waals surface area contributed by atoms with Gasteiger partial charge in [-0.1, -0.05) is 32.0 Å². The summed E-state index contributed by atoms with van der Waals surface area (Å²) in [6, 6.07) is 15.7. The van der Waals surface area contributed by atoms with Crippen molar-refractivity contribution < 1.29 is 4.79 Å². The standard InChI is InChI=1S/C29H38N4O/c1-21(2)22-9-11-25(12-10-22)32-16-13-26(14-17-32)33-27(18-23-6-3-4-8-28(23)33)20-31-29(34)24-7-5-15-30-19-24/h3-8,15,18-19,21-22,25-26H,9-14,16-17,20H2,1-2H3,(H,31,34). The van der Waals surface area contributed by atoms with Gasteiger partial charge in [-0.15, -0.1) is 0 Å². The molecule has 1 aliphatic carbocycles. The van der Waals surface area contributed by atoms with Crippen LogP contribution in [0.4, 0.5) is 0 Å². The molecule has 1 aromatic carbocycles. The number of hydrogen-bond donors (Lipinski definition) is 1. The minimum absolute atomic E-state index is 0.0725. The van der Waals surface area contributed by atoms with E-state index in [-0.39, 0.29) is 5.91 Å². The fourth-order valence-corrected chi connectivity index (χ4v) is 6.21. The maximum absolute atomic E-state index is 12.6. The summed E-state index contributed by atoms with van der Waals surface area (Å²) in [6.45, 7) is 7.65. The second kappa shape index (κ2) is 10.3. The number of rotatable bonds is 6. The highest BCUT2D eigenvalue weighted by Gasteiger charge is 2.31. The van der Waals surface area contributed by atoms with E-state index in [0.717, 1.165) is 17.9 Å². The Morgan fingerprint density at radius 2 is 1.76 bits per heavy atom. The van der Waals surface area contributed by atoms with Crippen LogP contribution in [0.3, 0.4) is 0 Å². The minimum atomic E-state index is -0.0725. The first-order chi connectivity index (χ1) is 16.6. The molecule has 3 heterocycles. The number of amides is 1. The Morgan fingerprint density at radius 3 is 2.47 bits per heavy atom. The summed E-state index contributed by atoms with van der Waals surface area (Å²) in [7, 11) is 0. The van der Waals surface area contributed by atoms with E-state index in [1.807, 2.05) is 6.07 Å². The minimum Gasteiger partial charge on any atom is -0.346 e. The number of nitrogens with zero attached hydrogens (tertiary/aromatic N) is 3. The highest BCUT2D eigenvalue weighted by molar-refractivity contribution is 5.93. The monoisotopic (exact) mass is 458 g/mol. The van der Waals surface area contributed by atoms with Crippen molar-refractivity contribution in [1.29, 1.82) is 0 Å². The molecule has 5 nitrogen and oxygen atoms in total. The van der Waals surface area contributed by atoms with Crippen LogP contribution in [-0.4, -0.2) is 39.5 Å². The number of likely N-dealkylation sites (tertiary alicyclic amines) is 1. The summed E-state index contributed by atoms with van der Waals surface area (Å²) in [4.78, 5) is 19.5. The number of carbonyl (C=O) groups excluding carboxylic acids is 1. The molecule has 180 valence electrons. The lowest BCUT2D eigenvalue weighted by molar-refractivity contribution is 0.0884. The fourth-order valence-electron chi connectivity index (χ4n) is 6.21. The van der Waals surface area contributed by atoms with Gasteiger partial charge in [0.05, 0.1) is 12.1 Å². The molecule has 0 atom stereocenters. The Kier molecular flexibility index (Phi) is 7.00. The van der Waals surface area contributed by atoms with E-state index >= 15 is 0 Å². The number of piperidine rings is 1. The van der Waals surface area contributed by atoms with Crippen LogP contribution in [0.1, 0.15) is 74.5 Å². The number of benzene rings is 1. The van der Waals surface area contributed by atoms with Crippen LogP contribution < -0.4 is 5.32 Å². The SMILES string of the molecule is CC(C)C1CCC(N2CCC(n3c(CNC(=O)c4cccnc4)cc4ccccc43)CC2)CC1. The number of para-hydroxylation sites is 1. The first kappa shape index (κ1) is 23.1. The van der Waals surface area contributed by atoms with E-state index < -0.39 is 0 Å². The molecule has 1 N–H and O–H groups in total. The summed E-state index contributed by atoms with van der Waals surface area (Å²) < 4.78 is 2.51. The highest BCUT2D eigenvalue weighted by Crippen LogP contribution is 2.36. The maximum Gasteiger partial charge on any atom is 0.253 e. The zero-order valence-corrected chi connectivity index (χ0v) is 20.6. The number of carbonyl (C=O) groups is 1. The van der Waals surface area contributed by atoms with Crippen molar-refractivity contribution >= 4 is 16.8 Å². The first-order valence-corrected chi connectivity index (χ1v) is 13.1. The van der Waals surface area contributed by atoms with Crippen molar-refractivity contribution in [3.63, 3.8) is 0 Å². The maximum atomic E-state index is 12.6. The predicted octanol–water partition coefficient (Wildman–Crippen LogP) is 5.82. The van der Waals surface area contributed by atoms with Gasteiger partial charge in [0.1, 0.15) is 0 Å². The van der Waals surface area contributed by atoms with Gasteiger partial charge in [0.25, 0.3) is 5.91 Å². The lowest BCUT2D eigenvalue weighted by atomic mass is 9.79. The molecule has 0 unspecified atom stereocenters. The van der Waals surface area contributed by atoms with Gasteiger partial charge < -0.3 is 14.8 Å². The number of pyridine rings is 1. The van der Waals surface area contributed by atoms with Crippen molar-refractivity contribution in [3.05, 3.63) is 66.1 Å². The van der Waals surface area contributed by atoms with Crippen molar-refractivity contribution in [2.75, 3.05) is 13.1 Å². The van der Waals surface area contributed by atoms with Crippen LogP contribution in [0, 0.1) is 11.8 Å². The van der Waals surface area contributed by atoms with Crippen molar-refractivity contribution in [1.82, 2.24) is 19.8 Å². The average molecular weight is 459 g/mol. The summed E-state index contributed by atoms with van der Waals surface area (Å²) >= 11 is 0. The summed E-state index contributed by atoms with van der Waals surface area (Å²) in [5, 5.41) is 4.37. The second-order valence-corrected chi connectivity index (χ2v) is 10.6. The third kappa shape index (κ3) is 4.90. The van der Waals surface area contributed by atoms with Crippen LogP contribution >= 0.6 is 0 Å². The number of aromatic nitrogens is 2. The topological polar surface area (TPSA) is 50.2 Å². The Balaban J connectivity index is 1.27. The van der Waals surface area contributed by atoms with Crippen LogP contribution in [0.25, 0.3) is 10.9 Å². The third-order valence-corrected chi connectivity index (χ3v) is 8.25. The molecule has 34 heavy (non-hydrogen) atoms. The van der Waals surface area contributed by atoms with Gasteiger partial charge in [-0.25, -0.2) is 0 Å². The molecule has 0 spiro atoms. The molecule has 5 rings (SSSR count). The Labute approximate surface area is 203 Å². The highest BCUT2D eigenvalue weighted by atomic mass is 16.1. The van der Waals surface area contributed by atoms with Crippen LogP contribution in [0.2, 0.25) is 0 Å². The van der Waals surface area contributed by atoms with E-state index in [4.69, 9.17) is 0 Å². The Hall–Kier alpha value is -2.66. The van der Waals surface area contributed by atoms with Crippen molar-refractivity contribution in [3.8, 4) is 0 Å². The van der Waals surface area contributed by atoms with Gasteiger partial charge >= 0.3 is 0 Å². The molecule has 5 heteroatoms. The quantitative estimate of drug-likeness (QED) is 0.506. The van der Waals surface area contributed by atoms with Crippen molar-refractivity contribution in [2.24, 2.45) is 11.8 Å². The van der Waals surface area contributed by atoms with E-state index in [9.17, 15) is 4.79 Å². The smallest absolute Gasteiger partial charge is 0.253 e. The van der Waals surface area contributed by atoms with Gasteiger partial charge in [0, 0.05) is 48.8 Å². The average Bonchev–Trinajstić information content (AvgIpc) is 3.26. The summed E-state index contributed by atoms with van der Waals surface area (Å²) in [6.07, 6.45) is 11.2. The number of nitrogens with one attached hydrogen (secondary N) is 1. The van der Waals surface area contributed by atoms with Gasteiger partial charge in [-0.2, -0.15) is 0 Å². The van der Waals surface area contributed by atoms with E-state index in [1.54, 1.807) is 18.5 Å². The number of hydrogen-bond acceptors (Lipinski definition) is 3. The van der Waals surface area contributed by atoms with Gasteiger partial charge in [0.2, 0.25) is 0 Å². The molecule has 0 bridgehead atoms. The Bertz CT molecular complexity index is 1090. The van der Waals surface area contributed by atoms with Gasteiger partial charge in [0.15, 0.2) is 0 Å². The zero-order chi connectivity index (χ0) is 23.5. The van der Waals surface area contributed by atoms with Gasteiger partial charge in [-0.3, -0.25) is 9.78 Å². The van der Waals surface area contributed by atoms with Crippen LogP contribution in [0.15, 0.2) is 54.9 Å². The molecular weight excluding hydrogens is 420 g/mol. The fraction of sp³-hybridized carbons (Fsp3) is 0.517. The molecular formula is C29H38N4O. The zero-order valence-electron chi connectivity index (χ0n) is 20.6. The van der Waals surface area contributed by atoms with E-state index in [2.05, 4.69) is 63.9 Å². The molecule has 2 aliphatic rings. The lowest BCUT2D eigenvalue weighted by Crippen LogP contribution is -2.44. The molecule has 1 saturated heterocycles. The van der Waals surface area contributed by atoms with Crippen LogP contribution in [0.5, 0.6) is 0 Å². The summed E-state index contributed by atoms with van der Waals surface area (Å²) in [5.41, 5.74) is 3.07. The van der Waals surface area contributed by atoms with Gasteiger partial charge in [-0.05, 0) is 80.0 Å². The predicted molar refractivity (Wildman–Crippen MR) is 138 cm³/mol. The third-order valence-electron chi connectivity index (χ3n) is 8.25. The van der Waals surface area contributed by atoms with Crippen LogP contribution in [-0.2, 0) is 6.54 Å². The summed E-state index contributed by atoms with van der Waals surface area (Å²) in [5.74, 6) is 1.67. The molecule has 0 radical (unpaired) electrons. The molecule has 2 aromatic heterocycles.